The van der Waals surface area contributed by atoms with Crippen LogP contribution in [0.1, 0.15) is 40.3 Å². The summed E-state index contributed by atoms with van der Waals surface area (Å²) in [6.45, 7) is 6.68. The Morgan fingerprint density at radius 1 is 0.967 bits per heavy atom. The van der Waals surface area contributed by atoms with Crippen LogP contribution in [0, 0.1) is 13.8 Å². The van der Waals surface area contributed by atoms with Crippen molar-refractivity contribution in [3.05, 3.63) is 58.9 Å². The quantitative estimate of drug-likeness (QED) is 0.570. The normalized spacial score (nSPS) is 11.9. The number of ether oxygens (including phenoxy) is 3. The number of nitrogens with one attached hydrogen (secondary N) is 1. The molecule has 1 aromatic heterocycles. The van der Waals surface area contributed by atoms with Crippen LogP contribution in [0.5, 0.6) is 11.5 Å². The molecule has 0 spiro atoms. The fraction of sp³-hybridized carbons (Fsp3) is 0.348. The van der Waals surface area contributed by atoms with E-state index in [0.29, 0.717) is 35.8 Å². The van der Waals surface area contributed by atoms with E-state index in [2.05, 4.69) is 15.3 Å². The Morgan fingerprint density at radius 3 is 2.40 bits per heavy atom. The Kier molecular flexibility index (Phi) is 6.84. The number of carbonyl (C=O) groups excluding carboxylic acids is 1. The highest BCUT2D eigenvalue weighted by atomic mass is 16.5. The van der Waals surface area contributed by atoms with Crippen LogP contribution in [-0.2, 0) is 4.74 Å². The molecule has 1 heterocycles. The molecule has 1 N–H and O–H groups in total. The highest BCUT2D eigenvalue weighted by molar-refractivity contribution is 5.97. The molecule has 2 aromatic carbocycles. The van der Waals surface area contributed by atoms with Crippen LogP contribution in [0.25, 0.3) is 11.0 Å². The smallest absolute Gasteiger partial charge is 0.251 e. The predicted molar refractivity (Wildman–Crippen MR) is 115 cm³/mol. The molecule has 0 aliphatic heterocycles. The van der Waals surface area contributed by atoms with Crippen molar-refractivity contribution < 1.29 is 19.0 Å². The van der Waals surface area contributed by atoms with E-state index in [1.807, 2.05) is 45.0 Å². The van der Waals surface area contributed by atoms with Crippen molar-refractivity contribution in [2.45, 2.75) is 26.8 Å². The van der Waals surface area contributed by atoms with Crippen LogP contribution in [0.4, 0.5) is 0 Å². The number of carbonyl (C=O) groups is 1. The molecule has 0 aliphatic carbocycles. The van der Waals surface area contributed by atoms with Gasteiger partial charge in [0.15, 0.2) is 11.5 Å². The Labute approximate surface area is 176 Å². The minimum atomic E-state index is -0.221. The molecule has 0 bridgehead atoms. The zero-order valence-corrected chi connectivity index (χ0v) is 18.0. The van der Waals surface area contributed by atoms with E-state index in [-0.39, 0.29) is 11.9 Å². The Bertz CT molecular complexity index is 1050. The lowest BCUT2D eigenvalue weighted by atomic mass is 10.1. The summed E-state index contributed by atoms with van der Waals surface area (Å²) in [4.78, 5) is 21.8. The van der Waals surface area contributed by atoms with Gasteiger partial charge in [-0.15, -0.1) is 0 Å². The molecule has 3 rings (SSSR count). The average molecular weight is 409 g/mol. The van der Waals surface area contributed by atoms with E-state index in [0.717, 1.165) is 22.5 Å². The summed E-state index contributed by atoms with van der Waals surface area (Å²) >= 11 is 0. The van der Waals surface area contributed by atoms with E-state index in [4.69, 9.17) is 14.2 Å². The van der Waals surface area contributed by atoms with E-state index in [9.17, 15) is 4.79 Å². The van der Waals surface area contributed by atoms with Crippen molar-refractivity contribution in [3.63, 3.8) is 0 Å². The summed E-state index contributed by atoms with van der Waals surface area (Å²) in [5.41, 5.74) is 4.67. The zero-order valence-electron chi connectivity index (χ0n) is 18.0. The number of fused-ring (bicyclic) bond motifs is 1. The number of amides is 1. The molecule has 7 nitrogen and oxygen atoms in total. The van der Waals surface area contributed by atoms with Crippen molar-refractivity contribution in [2.24, 2.45) is 0 Å². The van der Waals surface area contributed by atoms with E-state index < -0.39 is 0 Å². The van der Waals surface area contributed by atoms with Gasteiger partial charge in [0.2, 0.25) is 0 Å². The molecule has 1 atom stereocenters. The molecule has 7 heteroatoms. The third-order valence-electron chi connectivity index (χ3n) is 4.92. The summed E-state index contributed by atoms with van der Waals surface area (Å²) in [5.74, 6) is 1.07. The fourth-order valence-electron chi connectivity index (χ4n) is 3.04. The van der Waals surface area contributed by atoms with Crippen LogP contribution < -0.4 is 14.8 Å². The number of nitrogens with zero attached hydrogens (tertiary/aromatic N) is 2. The molecule has 0 saturated carbocycles. The van der Waals surface area contributed by atoms with Crippen LogP contribution in [0.3, 0.4) is 0 Å². The van der Waals surface area contributed by atoms with Gasteiger partial charge in [0.1, 0.15) is 6.61 Å². The van der Waals surface area contributed by atoms with Gasteiger partial charge in [-0.2, -0.15) is 0 Å². The molecule has 1 amide bonds. The minimum absolute atomic E-state index is 0.177. The summed E-state index contributed by atoms with van der Waals surface area (Å²) in [5, 5.41) is 3.02. The first-order valence-corrected chi connectivity index (χ1v) is 9.78. The first-order valence-electron chi connectivity index (χ1n) is 9.78. The third kappa shape index (κ3) is 4.86. The maximum atomic E-state index is 12.8. The molecule has 158 valence electrons. The van der Waals surface area contributed by atoms with Gasteiger partial charge in [0, 0.05) is 12.7 Å². The molecule has 30 heavy (non-hydrogen) atoms. The standard InChI is InChI=1S/C23H27N3O4/c1-14-15(2)25-20-12-18(6-8-19(20)24-14)23(27)26-16(3)17-7-9-21(22(13-17)29-5)30-11-10-28-4/h6-9,12-13,16H,10-11H2,1-5H3,(H,26,27)/t16-/m0/s1. The van der Waals surface area contributed by atoms with Crippen molar-refractivity contribution in [3.8, 4) is 11.5 Å². The maximum absolute atomic E-state index is 12.8. The summed E-state index contributed by atoms with van der Waals surface area (Å²) in [6.07, 6.45) is 0. The molecule has 0 fully saturated rings. The molecular weight excluding hydrogens is 382 g/mol. The summed E-state index contributed by atoms with van der Waals surface area (Å²) in [7, 11) is 3.21. The lowest BCUT2D eigenvalue weighted by Crippen LogP contribution is -2.26. The van der Waals surface area contributed by atoms with Gasteiger partial charge < -0.3 is 19.5 Å². The van der Waals surface area contributed by atoms with E-state index in [1.165, 1.54) is 0 Å². The monoisotopic (exact) mass is 409 g/mol. The first-order chi connectivity index (χ1) is 14.4. The molecule has 0 aliphatic rings. The number of methoxy groups -OCH3 is 2. The SMILES string of the molecule is COCCOc1ccc([C@H](C)NC(=O)c2ccc3nc(C)c(C)nc3c2)cc1OC. The number of hydrogen-bond donors (Lipinski definition) is 1. The van der Waals surface area contributed by atoms with Gasteiger partial charge in [-0.3, -0.25) is 4.79 Å². The Morgan fingerprint density at radius 2 is 1.70 bits per heavy atom. The predicted octanol–water partition coefficient (Wildman–Crippen LogP) is 3.77. The van der Waals surface area contributed by atoms with Gasteiger partial charge in [-0.1, -0.05) is 6.07 Å². The van der Waals surface area contributed by atoms with E-state index in [1.54, 1.807) is 26.4 Å². The Balaban J connectivity index is 1.75. The van der Waals surface area contributed by atoms with Gasteiger partial charge in [-0.25, -0.2) is 9.97 Å². The van der Waals surface area contributed by atoms with Crippen LogP contribution in [-0.4, -0.2) is 43.3 Å². The highest BCUT2D eigenvalue weighted by Gasteiger charge is 2.15. The lowest BCUT2D eigenvalue weighted by molar-refractivity contribution is 0.0940. The fourth-order valence-corrected chi connectivity index (χ4v) is 3.04. The third-order valence-corrected chi connectivity index (χ3v) is 4.92. The van der Waals surface area contributed by atoms with Crippen molar-refractivity contribution >= 4 is 16.9 Å². The van der Waals surface area contributed by atoms with Crippen molar-refractivity contribution in [1.29, 1.82) is 0 Å². The van der Waals surface area contributed by atoms with Crippen molar-refractivity contribution in [2.75, 3.05) is 27.4 Å². The molecule has 0 saturated heterocycles. The molecule has 0 unspecified atom stereocenters. The van der Waals surface area contributed by atoms with Crippen LogP contribution >= 0.6 is 0 Å². The minimum Gasteiger partial charge on any atom is -0.493 e. The molecular formula is C23H27N3O4. The topological polar surface area (TPSA) is 82.6 Å². The highest BCUT2D eigenvalue weighted by Crippen LogP contribution is 2.30. The van der Waals surface area contributed by atoms with Gasteiger partial charge in [0.05, 0.1) is 42.2 Å². The van der Waals surface area contributed by atoms with Gasteiger partial charge >= 0.3 is 0 Å². The summed E-state index contributed by atoms with van der Waals surface area (Å²) < 4.78 is 16.1. The second kappa shape index (κ2) is 9.54. The number of rotatable bonds is 8. The Hall–Kier alpha value is -3.19. The number of hydrogen-bond acceptors (Lipinski definition) is 6. The number of aromatic nitrogens is 2. The lowest BCUT2D eigenvalue weighted by Gasteiger charge is -2.17. The van der Waals surface area contributed by atoms with Crippen LogP contribution in [0.2, 0.25) is 0 Å². The van der Waals surface area contributed by atoms with Crippen LogP contribution in [0.15, 0.2) is 36.4 Å². The number of aryl methyl sites for hydroxylation is 2. The number of benzene rings is 2. The zero-order chi connectivity index (χ0) is 21.7. The van der Waals surface area contributed by atoms with Gasteiger partial charge in [-0.05, 0) is 56.7 Å². The molecule has 0 radical (unpaired) electrons. The largest absolute Gasteiger partial charge is 0.493 e. The van der Waals surface area contributed by atoms with E-state index >= 15 is 0 Å². The second-order valence-electron chi connectivity index (χ2n) is 7.04. The second-order valence-corrected chi connectivity index (χ2v) is 7.04. The first kappa shape index (κ1) is 21.5. The summed E-state index contributed by atoms with van der Waals surface area (Å²) in [6, 6.07) is 10.7. The van der Waals surface area contributed by atoms with Crippen molar-refractivity contribution in [1.82, 2.24) is 15.3 Å². The average Bonchev–Trinajstić information content (AvgIpc) is 2.74. The molecule has 3 aromatic rings. The van der Waals surface area contributed by atoms with Gasteiger partial charge in [0.25, 0.3) is 5.91 Å². The maximum Gasteiger partial charge on any atom is 0.251 e.